The Morgan fingerprint density at radius 3 is 2.43 bits per heavy atom. The molecule has 1 aromatic carbocycles. The molecule has 2 fully saturated rings. The summed E-state index contributed by atoms with van der Waals surface area (Å²) >= 11 is 0. The van der Waals surface area contributed by atoms with Crippen LogP contribution in [0.5, 0.6) is 0 Å². The summed E-state index contributed by atoms with van der Waals surface area (Å²) in [5.74, 6) is 1.96. The highest BCUT2D eigenvalue weighted by molar-refractivity contribution is 5.78. The molecule has 4 rings (SSSR count). The SMILES string of the molecule is Cc1cc2nc(C3CC[NH+](CC(=O)N4[C@H](C)CCC[C@H]4C)CC3)[nH]c2cc1C. The molecule has 0 saturated carbocycles. The van der Waals surface area contributed by atoms with E-state index in [1.165, 1.54) is 22.4 Å². The van der Waals surface area contributed by atoms with Crippen LogP contribution in [0.15, 0.2) is 12.1 Å². The topological polar surface area (TPSA) is 53.4 Å². The highest BCUT2D eigenvalue weighted by Gasteiger charge is 2.33. The molecule has 2 aliphatic rings. The number of nitrogens with zero attached hydrogens (tertiary/aromatic N) is 2. The number of hydrogen-bond donors (Lipinski definition) is 2. The fourth-order valence-corrected chi connectivity index (χ4v) is 5.18. The summed E-state index contributed by atoms with van der Waals surface area (Å²) in [6, 6.07) is 5.19. The molecule has 5 heteroatoms. The number of aryl methyl sites for hydroxylation is 2. The molecule has 0 bridgehead atoms. The monoisotopic (exact) mass is 383 g/mol. The summed E-state index contributed by atoms with van der Waals surface area (Å²) in [6.07, 6.45) is 5.76. The molecule has 2 aliphatic heterocycles. The first-order valence-corrected chi connectivity index (χ1v) is 11.0. The third-order valence-corrected chi connectivity index (χ3v) is 7.08. The van der Waals surface area contributed by atoms with Crippen molar-refractivity contribution in [2.24, 2.45) is 0 Å². The molecule has 5 nitrogen and oxygen atoms in total. The van der Waals surface area contributed by atoms with Gasteiger partial charge in [-0.15, -0.1) is 0 Å². The number of amides is 1. The fourth-order valence-electron chi connectivity index (χ4n) is 5.18. The first-order chi connectivity index (χ1) is 13.4. The third kappa shape index (κ3) is 3.82. The van der Waals surface area contributed by atoms with Gasteiger partial charge in [-0.05, 0) is 70.2 Å². The zero-order valence-electron chi connectivity index (χ0n) is 17.8. The number of piperidine rings is 2. The minimum absolute atomic E-state index is 0.350. The molecular weight excluding hydrogens is 348 g/mol. The van der Waals surface area contributed by atoms with Crippen LogP contribution in [0.3, 0.4) is 0 Å². The van der Waals surface area contributed by atoms with Gasteiger partial charge in [-0.2, -0.15) is 0 Å². The molecule has 1 aromatic heterocycles. The van der Waals surface area contributed by atoms with Gasteiger partial charge in [0.2, 0.25) is 0 Å². The van der Waals surface area contributed by atoms with Crippen molar-refractivity contribution in [1.82, 2.24) is 14.9 Å². The minimum Gasteiger partial charge on any atom is -0.342 e. The number of carbonyl (C=O) groups excluding carboxylic acids is 1. The van der Waals surface area contributed by atoms with Gasteiger partial charge in [-0.3, -0.25) is 4.79 Å². The maximum atomic E-state index is 12.9. The zero-order valence-corrected chi connectivity index (χ0v) is 17.8. The van der Waals surface area contributed by atoms with Crippen molar-refractivity contribution >= 4 is 16.9 Å². The van der Waals surface area contributed by atoms with Crippen molar-refractivity contribution in [2.75, 3.05) is 19.6 Å². The number of quaternary nitrogens is 1. The smallest absolute Gasteiger partial charge is 0.278 e. The summed E-state index contributed by atoms with van der Waals surface area (Å²) in [4.78, 5) is 24.9. The lowest BCUT2D eigenvalue weighted by Crippen LogP contribution is -3.14. The van der Waals surface area contributed by atoms with Crippen LogP contribution in [0.25, 0.3) is 11.0 Å². The largest absolute Gasteiger partial charge is 0.342 e. The van der Waals surface area contributed by atoms with Crippen LogP contribution in [0.1, 0.15) is 68.8 Å². The van der Waals surface area contributed by atoms with Crippen molar-refractivity contribution < 1.29 is 9.69 Å². The lowest BCUT2D eigenvalue weighted by atomic mass is 9.95. The maximum Gasteiger partial charge on any atom is 0.278 e. The minimum atomic E-state index is 0.350. The second-order valence-corrected chi connectivity index (χ2v) is 9.21. The van der Waals surface area contributed by atoms with E-state index in [2.05, 4.69) is 49.7 Å². The van der Waals surface area contributed by atoms with E-state index in [0.29, 0.717) is 30.5 Å². The summed E-state index contributed by atoms with van der Waals surface area (Å²) in [7, 11) is 0. The highest BCUT2D eigenvalue weighted by atomic mass is 16.2. The van der Waals surface area contributed by atoms with Crippen molar-refractivity contribution in [3.05, 3.63) is 29.1 Å². The lowest BCUT2D eigenvalue weighted by molar-refractivity contribution is -0.897. The van der Waals surface area contributed by atoms with Crippen molar-refractivity contribution in [2.45, 2.75) is 77.8 Å². The number of benzene rings is 1. The van der Waals surface area contributed by atoms with Crippen LogP contribution in [-0.4, -0.2) is 52.5 Å². The van der Waals surface area contributed by atoms with Crippen molar-refractivity contribution in [3.63, 3.8) is 0 Å². The predicted molar refractivity (Wildman–Crippen MR) is 113 cm³/mol. The van der Waals surface area contributed by atoms with Crippen LogP contribution in [0.2, 0.25) is 0 Å². The van der Waals surface area contributed by atoms with Gasteiger partial charge in [0.1, 0.15) is 5.82 Å². The van der Waals surface area contributed by atoms with E-state index in [1.54, 1.807) is 0 Å². The Bertz CT molecular complexity index is 801. The molecule has 3 heterocycles. The Labute approximate surface area is 168 Å². The van der Waals surface area contributed by atoms with Crippen LogP contribution >= 0.6 is 0 Å². The van der Waals surface area contributed by atoms with Crippen molar-refractivity contribution in [1.29, 1.82) is 0 Å². The van der Waals surface area contributed by atoms with Gasteiger partial charge in [0.15, 0.2) is 6.54 Å². The first-order valence-electron chi connectivity index (χ1n) is 11.0. The molecule has 2 atom stereocenters. The molecule has 152 valence electrons. The van der Waals surface area contributed by atoms with Gasteiger partial charge in [0, 0.05) is 30.8 Å². The molecule has 0 unspecified atom stereocenters. The van der Waals surface area contributed by atoms with Gasteiger partial charge < -0.3 is 14.8 Å². The van der Waals surface area contributed by atoms with Gasteiger partial charge >= 0.3 is 0 Å². The fraction of sp³-hybridized carbons (Fsp3) is 0.652. The molecule has 2 aromatic rings. The molecule has 2 N–H and O–H groups in total. The van der Waals surface area contributed by atoms with E-state index in [1.807, 2.05) is 0 Å². The lowest BCUT2D eigenvalue weighted by Gasteiger charge is -2.40. The Balaban J connectivity index is 1.36. The quantitative estimate of drug-likeness (QED) is 0.856. The zero-order chi connectivity index (χ0) is 19.8. The third-order valence-electron chi connectivity index (χ3n) is 7.08. The van der Waals surface area contributed by atoms with Gasteiger partial charge in [0.25, 0.3) is 5.91 Å². The number of H-pyrrole nitrogens is 1. The van der Waals surface area contributed by atoms with Gasteiger partial charge in [0.05, 0.1) is 24.1 Å². The number of fused-ring (bicyclic) bond motifs is 1. The molecule has 2 saturated heterocycles. The number of hydrogen-bond acceptors (Lipinski definition) is 2. The summed E-state index contributed by atoms with van der Waals surface area (Å²) < 4.78 is 0. The number of imidazole rings is 1. The van der Waals surface area contributed by atoms with E-state index in [0.717, 1.165) is 55.6 Å². The van der Waals surface area contributed by atoms with E-state index in [4.69, 9.17) is 4.98 Å². The number of aromatic nitrogens is 2. The Morgan fingerprint density at radius 1 is 1.11 bits per heavy atom. The number of likely N-dealkylation sites (tertiary alicyclic amines) is 2. The molecule has 1 amide bonds. The maximum absolute atomic E-state index is 12.9. The average molecular weight is 384 g/mol. The van der Waals surface area contributed by atoms with Crippen LogP contribution in [-0.2, 0) is 4.79 Å². The standard InChI is InChI=1S/C23H34N4O/c1-15-12-20-21(13-16(15)2)25-23(24-20)19-8-10-26(11-9-19)14-22(28)27-17(3)6-5-7-18(27)4/h12-13,17-19H,5-11,14H2,1-4H3,(H,24,25)/p+1/t17-,18-/m1/s1. The Hall–Kier alpha value is -1.88. The van der Waals surface area contributed by atoms with Crippen LogP contribution < -0.4 is 4.90 Å². The van der Waals surface area contributed by atoms with Gasteiger partial charge in [-0.25, -0.2) is 4.98 Å². The van der Waals surface area contributed by atoms with E-state index in [-0.39, 0.29) is 0 Å². The molecule has 28 heavy (non-hydrogen) atoms. The molecule has 0 spiro atoms. The van der Waals surface area contributed by atoms with E-state index >= 15 is 0 Å². The Morgan fingerprint density at radius 2 is 1.75 bits per heavy atom. The average Bonchev–Trinajstić information content (AvgIpc) is 3.05. The number of nitrogens with one attached hydrogen (secondary N) is 2. The normalized spacial score (nSPS) is 28.6. The summed E-state index contributed by atoms with van der Waals surface area (Å²) in [6.45, 7) is 11.5. The summed E-state index contributed by atoms with van der Waals surface area (Å²) in [5.41, 5.74) is 4.83. The molecular formula is C23H35N4O+. The highest BCUT2D eigenvalue weighted by Crippen LogP contribution is 2.26. The number of rotatable bonds is 3. The van der Waals surface area contributed by atoms with Gasteiger partial charge in [-0.1, -0.05) is 0 Å². The van der Waals surface area contributed by atoms with E-state index < -0.39 is 0 Å². The van der Waals surface area contributed by atoms with Crippen LogP contribution in [0.4, 0.5) is 0 Å². The molecule has 0 aliphatic carbocycles. The molecule has 0 radical (unpaired) electrons. The second-order valence-electron chi connectivity index (χ2n) is 9.21. The predicted octanol–water partition coefficient (Wildman–Crippen LogP) is 2.73. The summed E-state index contributed by atoms with van der Waals surface area (Å²) in [5, 5.41) is 0. The Kier molecular flexibility index (Phi) is 5.46. The number of carbonyl (C=O) groups is 1. The van der Waals surface area contributed by atoms with Crippen LogP contribution in [0, 0.1) is 13.8 Å². The second kappa shape index (κ2) is 7.86. The van der Waals surface area contributed by atoms with Crippen molar-refractivity contribution in [3.8, 4) is 0 Å². The first kappa shape index (κ1) is 19.4. The van der Waals surface area contributed by atoms with E-state index in [9.17, 15) is 4.79 Å². The number of aromatic amines is 1.